The molecule has 0 spiro atoms. The summed E-state index contributed by atoms with van der Waals surface area (Å²) in [6.07, 6.45) is 3.08. The molecule has 0 saturated heterocycles. The van der Waals surface area contributed by atoms with Crippen molar-refractivity contribution in [3.63, 3.8) is 0 Å². The predicted molar refractivity (Wildman–Crippen MR) is 105 cm³/mol. The lowest BCUT2D eigenvalue weighted by atomic mass is 10.1. The van der Waals surface area contributed by atoms with E-state index >= 15 is 0 Å². The number of nitrogens with one attached hydrogen (secondary N) is 2. The van der Waals surface area contributed by atoms with Gasteiger partial charge >= 0.3 is 0 Å². The zero-order valence-corrected chi connectivity index (χ0v) is 15.2. The zero-order chi connectivity index (χ0) is 19.1. The topological polar surface area (TPSA) is 86.9 Å². The van der Waals surface area contributed by atoms with E-state index in [0.717, 1.165) is 24.9 Å². The number of benzene rings is 2. The molecule has 3 N–H and O–H groups in total. The van der Waals surface area contributed by atoms with E-state index in [4.69, 9.17) is 4.42 Å². The fourth-order valence-corrected chi connectivity index (χ4v) is 2.65. The first-order chi connectivity index (χ1) is 13.2. The summed E-state index contributed by atoms with van der Waals surface area (Å²) < 4.78 is 5.79. The smallest absolute Gasteiger partial charge is 0.256 e. The van der Waals surface area contributed by atoms with Crippen LogP contribution in [-0.2, 0) is 0 Å². The molecule has 3 aromatic rings. The Morgan fingerprint density at radius 3 is 2.70 bits per heavy atom. The third kappa shape index (κ3) is 4.88. The van der Waals surface area contributed by atoms with Gasteiger partial charge in [0.25, 0.3) is 5.91 Å². The molecule has 6 heteroatoms. The number of phenols is 1. The average Bonchev–Trinajstić information content (AvgIpc) is 2.69. The molecule has 0 bridgehead atoms. The highest BCUT2D eigenvalue weighted by atomic mass is 16.3. The highest BCUT2D eigenvalue weighted by molar-refractivity contribution is 5.96. The molecule has 27 heavy (non-hydrogen) atoms. The molecule has 6 nitrogen and oxygen atoms in total. The summed E-state index contributed by atoms with van der Waals surface area (Å²) in [4.78, 5) is 12.6. The van der Waals surface area contributed by atoms with Crippen LogP contribution in [0.25, 0.3) is 11.0 Å². The number of carbonyl (C=O) groups excluding carboxylic acids is 1. The first kappa shape index (κ1) is 18.5. The number of anilines is 1. The fourth-order valence-electron chi connectivity index (χ4n) is 2.65. The number of rotatable bonds is 7. The van der Waals surface area contributed by atoms with Gasteiger partial charge in [-0.05, 0) is 36.8 Å². The number of aromatic hydroxyl groups is 1. The molecule has 1 heterocycles. The lowest BCUT2D eigenvalue weighted by Crippen LogP contribution is -2.30. The highest BCUT2D eigenvalue weighted by Gasteiger charge is 2.12. The fraction of sp³-hybridized carbons (Fsp3) is 0.238. The number of fused-ring (bicyclic) bond motifs is 1. The van der Waals surface area contributed by atoms with E-state index in [1.165, 1.54) is 6.07 Å². The Hall–Kier alpha value is -3.28. The summed E-state index contributed by atoms with van der Waals surface area (Å²) in [5.41, 5.74) is 4.62. The number of nitrogens with zero attached hydrogens (tertiary/aromatic N) is 1. The van der Waals surface area contributed by atoms with Crippen LogP contribution in [-0.4, -0.2) is 17.6 Å². The van der Waals surface area contributed by atoms with Crippen molar-refractivity contribution >= 4 is 22.6 Å². The Kier molecular flexibility index (Phi) is 6.10. The number of unbranched alkanes of at least 4 members (excludes halogenated alkanes) is 2. The van der Waals surface area contributed by atoms with Crippen LogP contribution < -0.4 is 16.3 Å². The molecule has 0 radical (unpaired) electrons. The van der Waals surface area contributed by atoms with Gasteiger partial charge in [-0.15, -0.1) is 5.10 Å². The van der Waals surface area contributed by atoms with Crippen molar-refractivity contribution in [2.24, 2.45) is 5.10 Å². The van der Waals surface area contributed by atoms with Gasteiger partial charge in [0.1, 0.15) is 16.9 Å². The Bertz CT molecular complexity index is 981. The maximum Gasteiger partial charge on any atom is 0.256 e. The van der Waals surface area contributed by atoms with Crippen LogP contribution in [0.15, 0.2) is 64.1 Å². The van der Waals surface area contributed by atoms with Gasteiger partial charge < -0.3 is 14.8 Å². The van der Waals surface area contributed by atoms with Gasteiger partial charge in [-0.3, -0.25) is 10.2 Å². The van der Waals surface area contributed by atoms with E-state index in [1.54, 1.807) is 18.2 Å². The minimum Gasteiger partial charge on any atom is -0.508 e. The number of phenolic OH excluding ortho intramolecular Hbond substituents is 1. The summed E-state index contributed by atoms with van der Waals surface area (Å²) in [5.74, 6) is -0.150. The van der Waals surface area contributed by atoms with Gasteiger partial charge in [-0.1, -0.05) is 38.0 Å². The van der Waals surface area contributed by atoms with Crippen LogP contribution >= 0.6 is 0 Å². The van der Waals surface area contributed by atoms with E-state index in [0.29, 0.717) is 23.1 Å². The van der Waals surface area contributed by atoms with Gasteiger partial charge in [0, 0.05) is 18.0 Å². The summed E-state index contributed by atoms with van der Waals surface area (Å²) in [6, 6.07) is 15.9. The molecule has 0 aliphatic carbocycles. The van der Waals surface area contributed by atoms with Gasteiger partial charge in [0.2, 0.25) is 5.55 Å². The number of carbonyl (C=O) groups is 1. The van der Waals surface area contributed by atoms with Crippen LogP contribution in [0.4, 0.5) is 5.69 Å². The number of amides is 1. The van der Waals surface area contributed by atoms with E-state index in [2.05, 4.69) is 22.8 Å². The highest BCUT2D eigenvalue weighted by Crippen LogP contribution is 2.19. The number of para-hydroxylation sites is 1. The predicted octanol–water partition coefficient (Wildman–Crippen LogP) is 3.99. The molecule has 2 aromatic carbocycles. The maximum atomic E-state index is 12.6. The van der Waals surface area contributed by atoms with E-state index in [-0.39, 0.29) is 17.2 Å². The Labute approximate surface area is 157 Å². The molecule has 140 valence electrons. The summed E-state index contributed by atoms with van der Waals surface area (Å²) in [5, 5.41) is 17.6. The Morgan fingerprint density at radius 2 is 1.93 bits per heavy atom. The van der Waals surface area contributed by atoms with Crippen molar-refractivity contribution in [3.8, 4) is 5.75 Å². The number of hydrogen-bond acceptors (Lipinski definition) is 5. The van der Waals surface area contributed by atoms with Gasteiger partial charge in [-0.2, -0.15) is 0 Å². The normalized spacial score (nSPS) is 11.5. The minimum atomic E-state index is -0.238. The first-order valence-electron chi connectivity index (χ1n) is 9.07. The second kappa shape index (κ2) is 8.89. The van der Waals surface area contributed by atoms with Crippen molar-refractivity contribution in [3.05, 3.63) is 65.7 Å². The van der Waals surface area contributed by atoms with Crippen molar-refractivity contribution < 1.29 is 14.3 Å². The molecular formula is C21H23N3O3. The summed E-state index contributed by atoms with van der Waals surface area (Å²) >= 11 is 0. The Balaban J connectivity index is 1.96. The van der Waals surface area contributed by atoms with E-state index in [9.17, 15) is 9.90 Å². The van der Waals surface area contributed by atoms with Gasteiger partial charge in [-0.25, -0.2) is 0 Å². The van der Waals surface area contributed by atoms with Gasteiger partial charge in [0.05, 0.1) is 5.69 Å². The van der Waals surface area contributed by atoms with Crippen molar-refractivity contribution in [1.82, 2.24) is 5.32 Å². The van der Waals surface area contributed by atoms with E-state index in [1.807, 2.05) is 30.3 Å². The second-order valence-corrected chi connectivity index (χ2v) is 6.24. The average molecular weight is 365 g/mol. The lowest BCUT2D eigenvalue weighted by Gasteiger charge is -2.07. The molecule has 0 saturated carbocycles. The van der Waals surface area contributed by atoms with Crippen molar-refractivity contribution in [2.45, 2.75) is 26.2 Å². The molecule has 1 aromatic heterocycles. The largest absolute Gasteiger partial charge is 0.508 e. The third-order valence-electron chi connectivity index (χ3n) is 4.10. The molecule has 0 atom stereocenters. The quantitative estimate of drug-likeness (QED) is 0.436. The molecule has 0 aliphatic heterocycles. The Morgan fingerprint density at radius 1 is 1.11 bits per heavy atom. The minimum absolute atomic E-state index is 0.0879. The van der Waals surface area contributed by atoms with Gasteiger partial charge in [0.15, 0.2) is 0 Å². The molecule has 3 rings (SSSR count). The van der Waals surface area contributed by atoms with E-state index < -0.39 is 0 Å². The maximum absolute atomic E-state index is 12.6. The van der Waals surface area contributed by atoms with Crippen LogP contribution in [0, 0.1) is 0 Å². The summed E-state index contributed by atoms with van der Waals surface area (Å²) in [7, 11) is 0. The van der Waals surface area contributed by atoms with Crippen LogP contribution in [0.3, 0.4) is 0 Å². The molecule has 0 unspecified atom stereocenters. The summed E-state index contributed by atoms with van der Waals surface area (Å²) in [6.45, 7) is 2.72. The standard InChI is InChI=1S/C21H23N3O3/c1-2-3-7-12-22-20(26)18-13-15-10-11-17(25)14-19(15)27-21(18)24-23-16-8-5-4-6-9-16/h4-6,8-11,13-14,23,25H,2-3,7,12H2,1H3,(H,22,26). The lowest BCUT2D eigenvalue weighted by molar-refractivity contribution is 0.0949. The number of hydrogen-bond donors (Lipinski definition) is 3. The molecule has 0 aliphatic rings. The third-order valence-corrected chi connectivity index (χ3v) is 4.10. The zero-order valence-electron chi connectivity index (χ0n) is 15.2. The van der Waals surface area contributed by atoms with Crippen LogP contribution in [0.5, 0.6) is 5.75 Å². The van der Waals surface area contributed by atoms with Crippen molar-refractivity contribution in [1.29, 1.82) is 0 Å². The van der Waals surface area contributed by atoms with Crippen LogP contribution in [0.1, 0.15) is 36.5 Å². The molecular weight excluding hydrogens is 342 g/mol. The van der Waals surface area contributed by atoms with Crippen LogP contribution in [0.2, 0.25) is 0 Å². The monoisotopic (exact) mass is 365 g/mol. The second-order valence-electron chi connectivity index (χ2n) is 6.24. The molecule has 1 amide bonds. The molecule has 0 fully saturated rings. The SMILES string of the molecule is CCCCCNC(=O)c1cc2ccc(O)cc2oc1=NNc1ccccc1. The van der Waals surface area contributed by atoms with Crippen molar-refractivity contribution in [2.75, 3.05) is 12.0 Å². The first-order valence-corrected chi connectivity index (χ1v) is 9.07.